The molecule has 0 heterocycles. The van der Waals surface area contributed by atoms with Gasteiger partial charge in [0.2, 0.25) is 0 Å². The van der Waals surface area contributed by atoms with Crippen LogP contribution in [0.3, 0.4) is 0 Å². The van der Waals surface area contributed by atoms with Crippen LogP contribution in [0.5, 0.6) is 0 Å². The second-order valence-electron chi connectivity index (χ2n) is 4.49. The molecule has 0 aromatic heterocycles. The summed E-state index contributed by atoms with van der Waals surface area (Å²) in [5, 5.41) is 0. The van der Waals surface area contributed by atoms with Crippen molar-refractivity contribution in [2.45, 2.75) is 17.9 Å². The number of rotatable bonds is 5. The normalized spacial score (nSPS) is 12.4. The summed E-state index contributed by atoms with van der Waals surface area (Å²) in [4.78, 5) is 1.11. The molecular formula is C15H16BrFN2S. The van der Waals surface area contributed by atoms with E-state index in [-0.39, 0.29) is 11.9 Å². The van der Waals surface area contributed by atoms with Gasteiger partial charge in [0.25, 0.3) is 0 Å². The fourth-order valence-corrected chi connectivity index (χ4v) is 3.52. The maximum atomic E-state index is 13.9. The van der Waals surface area contributed by atoms with E-state index in [4.69, 9.17) is 5.84 Å². The van der Waals surface area contributed by atoms with Crippen LogP contribution in [0.25, 0.3) is 0 Å². The van der Waals surface area contributed by atoms with Crippen molar-refractivity contribution in [2.24, 2.45) is 5.84 Å². The van der Waals surface area contributed by atoms with Crippen molar-refractivity contribution in [3.8, 4) is 0 Å². The highest BCUT2D eigenvalue weighted by Gasteiger charge is 2.15. The van der Waals surface area contributed by atoms with E-state index >= 15 is 0 Å². The Hall–Kier alpha value is -0.880. The van der Waals surface area contributed by atoms with Crippen molar-refractivity contribution < 1.29 is 4.39 Å². The summed E-state index contributed by atoms with van der Waals surface area (Å²) in [6.07, 6.45) is 0. The van der Waals surface area contributed by atoms with Crippen molar-refractivity contribution in [3.63, 3.8) is 0 Å². The van der Waals surface area contributed by atoms with Crippen LogP contribution in [0, 0.1) is 12.7 Å². The molecule has 0 bridgehead atoms. The zero-order chi connectivity index (χ0) is 14.5. The first kappa shape index (κ1) is 15.5. The predicted octanol–water partition coefficient (Wildman–Crippen LogP) is 4.19. The second-order valence-corrected chi connectivity index (χ2v) is 6.40. The van der Waals surface area contributed by atoms with Crippen LogP contribution in [0.2, 0.25) is 0 Å². The molecule has 0 saturated carbocycles. The molecule has 0 aliphatic carbocycles. The molecule has 2 nitrogen and oxygen atoms in total. The molecule has 1 atom stereocenters. The lowest BCUT2D eigenvalue weighted by Gasteiger charge is -2.17. The summed E-state index contributed by atoms with van der Waals surface area (Å²) >= 11 is 5.14. The SMILES string of the molecule is Cc1ccc(F)c(C(CSc2ccccc2Br)NN)c1. The highest BCUT2D eigenvalue weighted by atomic mass is 79.9. The van der Waals surface area contributed by atoms with Crippen LogP contribution < -0.4 is 11.3 Å². The van der Waals surface area contributed by atoms with Gasteiger partial charge in [0.1, 0.15) is 5.82 Å². The van der Waals surface area contributed by atoms with E-state index in [1.165, 1.54) is 6.07 Å². The zero-order valence-corrected chi connectivity index (χ0v) is 13.5. The highest BCUT2D eigenvalue weighted by Crippen LogP contribution is 2.31. The third kappa shape index (κ3) is 3.82. The van der Waals surface area contributed by atoms with Crippen LogP contribution in [-0.4, -0.2) is 5.75 Å². The topological polar surface area (TPSA) is 38.0 Å². The van der Waals surface area contributed by atoms with Gasteiger partial charge < -0.3 is 0 Å². The Labute approximate surface area is 131 Å². The van der Waals surface area contributed by atoms with Crippen LogP contribution in [0.1, 0.15) is 17.2 Å². The number of aryl methyl sites for hydroxylation is 1. The maximum Gasteiger partial charge on any atom is 0.128 e. The summed E-state index contributed by atoms with van der Waals surface area (Å²) in [5.74, 6) is 6.01. The van der Waals surface area contributed by atoms with E-state index in [0.29, 0.717) is 11.3 Å². The van der Waals surface area contributed by atoms with E-state index in [9.17, 15) is 4.39 Å². The van der Waals surface area contributed by atoms with E-state index in [0.717, 1.165) is 14.9 Å². The van der Waals surface area contributed by atoms with Gasteiger partial charge in [-0.3, -0.25) is 11.3 Å². The Bertz CT molecular complexity index is 592. The van der Waals surface area contributed by atoms with Gasteiger partial charge in [0.15, 0.2) is 0 Å². The average molecular weight is 355 g/mol. The van der Waals surface area contributed by atoms with E-state index < -0.39 is 0 Å². The number of halogens is 2. The minimum Gasteiger partial charge on any atom is -0.271 e. The molecule has 0 aliphatic heterocycles. The first-order valence-corrected chi connectivity index (χ1v) is 7.99. The van der Waals surface area contributed by atoms with Crippen molar-refractivity contribution in [1.29, 1.82) is 0 Å². The van der Waals surface area contributed by atoms with Crippen molar-refractivity contribution in [2.75, 3.05) is 5.75 Å². The third-order valence-electron chi connectivity index (χ3n) is 2.97. The molecule has 106 valence electrons. The standard InChI is InChI=1S/C15H16BrFN2S/c1-10-6-7-13(17)11(8-10)14(19-18)9-20-15-5-3-2-4-12(15)16/h2-8,14,19H,9,18H2,1H3. The lowest BCUT2D eigenvalue weighted by atomic mass is 10.1. The summed E-state index contributed by atoms with van der Waals surface area (Å²) < 4.78 is 14.9. The van der Waals surface area contributed by atoms with Gasteiger partial charge in [-0.1, -0.05) is 29.8 Å². The molecule has 5 heteroatoms. The van der Waals surface area contributed by atoms with Crippen LogP contribution in [-0.2, 0) is 0 Å². The second kappa shape index (κ2) is 7.22. The van der Waals surface area contributed by atoms with Gasteiger partial charge in [-0.25, -0.2) is 4.39 Å². The molecule has 2 aromatic rings. The number of nitrogens with one attached hydrogen (secondary N) is 1. The minimum absolute atomic E-state index is 0.230. The number of hydrazine groups is 1. The lowest BCUT2D eigenvalue weighted by Crippen LogP contribution is -2.30. The molecule has 0 radical (unpaired) electrons. The van der Waals surface area contributed by atoms with Crippen LogP contribution >= 0.6 is 27.7 Å². The fourth-order valence-electron chi connectivity index (χ4n) is 1.89. The van der Waals surface area contributed by atoms with Crippen LogP contribution in [0.15, 0.2) is 51.8 Å². The molecule has 2 rings (SSSR count). The maximum absolute atomic E-state index is 13.9. The van der Waals surface area contributed by atoms with E-state index in [1.807, 2.05) is 37.3 Å². The Morgan fingerprint density at radius 2 is 2.05 bits per heavy atom. The minimum atomic E-state index is -0.230. The molecule has 3 N–H and O–H groups in total. The smallest absolute Gasteiger partial charge is 0.128 e. The summed E-state index contributed by atoms with van der Waals surface area (Å²) in [6, 6.07) is 12.8. The molecule has 0 saturated heterocycles. The van der Waals surface area contributed by atoms with Gasteiger partial charge in [-0.15, -0.1) is 11.8 Å². The summed E-state index contributed by atoms with van der Waals surface area (Å²) in [6.45, 7) is 1.94. The fraction of sp³-hybridized carbons (Fsp3) is 0.200. The van der Waals surface area contributed by atoms with Gasteiger partial charge in [-0.2, -0.15) is 0 Å². The van der Waals surface area contributed by atoms with Crippen molar-refractivity contribution in [1.82, 2.24) is 5.43 Å². The predicted molar refractivity (Wildman–Crippen MR) is 86.1 cm³/mol. The Balaban J connectivity index is 2.13. The number of hydrogen-bond acceptors (Lipinski definition) is 3. The molecule has 0 aliphatic rings. The molecular weight excluding hydrogens is 339 g/mol. The van der Waals surface area contributed by atoms with E-state index in [2.05, 4.69) is 21.4 Å². The summed E-state index contributed by atoms with van der Waals surface area (Å²) in [5.41, 5.74) is 4.32. The average Bonchev–Trinajstić information content (AvgIpc) is 2.45. The quantitative estimate of drug-likeness (QED) is 0.480. The number of thioether (sulfide) groups is 1. The molecule has 1 unspecified atom stereocenters. The summed E-state index contributed by atoms with van der Waals surface area (Å²) in [7, 11) is 0. The molecule has 20 heavy (non-hydrogen) atoms. The number of nitrogens with two attached hydrogens (primary N) is 1. The van der Waals surface area contributed by atoms with Crippen LogP contribution in [0.4, 0.5) is 4.39 Å². The Kier molecular flexibility index (Phi) is 5.60. The lowest BCUT2D eigenvalue weighted by molar-refractivity contribution is 0.546. The monoisotopic (exact) mass is 354 g/mol. The first-order chi connectivity index (χ1) is 9.61. The number of benzene rings is 2. The zero-order valence-electron chi connectivity index (χ0n) is 11.1. The largest absolute Gasteiger partial charge is 0.271 e. The van der Waals surface area contributed by atoms with Gasteiger partial charge in [-0.05, 0) is 41.1 Å². The van der Waals surface area contributed by atoms with Gasteiger partial charge >= 0.3 is 0 Å². The van der Waals surface area contributed by atoms with Crippen molar-refractivity contribution >= 4 is 27.7 Å². The molecule has 0 fully saturated rings. The Morgan fingerprint density at radius 3 is 2.75 bits per heavy atom. The van der Waals surface area contributed by atoms with Crippen molar-refractivity contribution in [3.05, 3.63) is 63.9 Å². The Morgan fingerprint density at radius 1 is 1.30 bits per heavy atom. The third-order valence-corrected chi connectivity index (χ3v) is 5.09. The van der Waals surface area contributed by atoms with Gasteiger partial charge in [0, 0.05) is 20.7 Å². The number of hydrogen-bond donors (Lipinski definition) is 2. The molecule has 0 spiro atoms. The molecule has 2 aromatic carbocycles. The van der Waals surface area contributed by atoms with Gasteiger partial charge in [0.05, 0.1) is 6.04 Å². The highest BCUT2D eigenvalue weighted by molar-refractivity contribution is 9.10. The molecule has 0 amide bonds. The first-order valence-electron chi connectivity index (χ1n) is 6.21. The van der Waals surface area contributed by atoms with E-state index in [1.54, 1.807) is 17.8 Å².